The van der Waals surface area contributed by atoms with Gasteiger partial charge in [0.25, 0.3) is 0 Å². The normalized spacial score (nSPS) is 17.8. The van der Waals surface area contributed by atoms with Gasteiger partial charge in [-0.05, 0) is 48.9 Å². The van der Waals surface area contributed by atoms with Crippen molar-refractivity contribution in [2.75, 3.05) is 4.90 Å². The number of aryl methyl sites for hydroxylation is 1. The van der Waals surface area contributed by atoms with Crippen LogP contribution in [0, 0.1) is 0 Å². The molecule has 0 unspecified atom stereocenters. The van der Waals surface area contributed by atoms with Gasteiger partial charge in [-0.1, -0.05) is 42.5 Å². The molecule has 1 heterocycles. The van der Waals surface area contributed by atoms with E-state index in [0.29, 0.717) is 19.4 Å². The molecule has 8 heteroatoms. The van der Waals surface area contributed by atoms with Gasteiger partial charge in [-0.3, -0.25) is 9.58 Å². The molecule has 0 bridgehead atoms. The Kier molecular flexibility index (Phi) is 6.92. The minimum atomic E-state index is -0.748. The van der Waals surface area contributed by atoms with E-state index in [1.54, 1.807) is 4.68 Å². The van der Waals surface area contributed by atoms with Crippen molar-refractivity contribution in [3.63, 3.8) is 0 Å². The van der Waals surface area contributed by atoms with Crippen LogP contribution in [-0.4, -0.2) is 34.1 Å². The highest BCUT2D eigenvalue weighted by Crippen LogP contribution is 2.30. The van der Waals surface area contributed by atoms with Crippen LogP contribution in [0.3, 0.4) is 0 Å². The lowest BCUT2D eigenvalue weighted by atomic mass is 9.91. The van der Waals surface area contributed by atoms with Crippen molar-refractivity contribution < 1.29 is 14.3 Å². The summed E-state index contributed by atoms with van der Waals surface area (Å²) in [5, 5.41) is 7.29. The maximum Gasteiger partial charge on any atom is 0.404 e. The van der Waals surface area contributed by atoms with Gasteiger partial charge in [0, 0.05) is 37.1 Å². The van der Waals surface area contributed by atoms with Gasteiger partial charge in [-0.25, -0.2) is 9.59 Å². The van der Waals surface area contributed by atoms with E-state index in [1.807, 2.05) is 78.9 Å². The first-order valence-corrected chi connectivity index (χ1v) is 11.2. The second-order valence-corrected chi connectivity index (χ2v) is 8.33. The number of amides is 3. The Labute approximate surface area is 193 Å². The van der Waals surface area contributed by atoms with Crippen molar-refractivity contribution in [2.24, 2.45) is 12.8 Å². The topological polar surface area (TPSA) is 102 Å². The van der Waals surface area contributed by atoms with Gasteiger partial charge in [0.1, 0.15) is 6.10 Å². The van der Waals surface area contributed by atoms with Crippen LogP contribution in [0.5, 0.6) is 0 Å². The van der Waals surface area contributed by atoms with E-state index in [4.69, 9.17) is 10.5 Å². The van der Waals surface area contributed by atoms with E-state index < -0.39 is 6.09 Å². The number of nitrogens with two attached hydrogens (primary N) is 1. The summed E-state index contributed by atoms with van der Waals surface area (Å²) >= 11 is 0. The van der Waals surface area contributed by atoms with Crippen LogP contribution in [0.25, 0.3) is 11.1 Å². The molecule has 4 rings (SSSR count). The molecule has 1 aromatic heterocycles. The van der Waals surface area contributed by atoms with Gasteiger partial charge in [-0.15, -0.1) is 0 Å². The number of primary amides is 1. The number of nitrogens with zero attached hydrogens (tertiary/aromatic N) is 3. The zero-order valence-corrected chi connectivity index (χ0v) is 18.7. The smallest absolute Gasteiger partial charge is 0.404 e. The number of nitrogens with one attached hydrogen (secondary N) is 1. The van der Waals surface area contributed by atoms with Crippen LogP contribution in [0.2, 0.25) is 0 Å². The Bertz CT molecular complexity index is 1070. The molecule has 2 aromatic carbocycles. The summed E-state index contributed by atoms with van der Waals surface area (Å²) in [7, 11) is 1.88. The second-order valence-electron chi connectivity index (χ2n) is 8.33. The molecule has 0 radical (unpaired) electrons. The zero-order valence-electron chi connectivity index (χ0n) is 18.7. The number of benzene rings is 2. The molecule has 3 N–H and O–H groups in total. The van der Waals surface area contributed by atoms with Crippen molar-refractivity contribution in [1.82, 2.24) is 15.1 Å². The molecule has 0 saturated heterocycles. The van der Waals surface area contributed by atoms with Gasteiger partial charge < -0.3 is 15.8 Å². The molecule has 172 valence electrons. The minimum Gasteiger partial charge on any atom is -0.446 e. The van der Waals surface area contributed by atoms with E-state index in [1.165, 1.54) is 0 Å². The molecular weight excluding hydrogens is 418 g/mol. The Hall–Kier alpha value is -3.81. The number of hydrogen-bond acceptors (Lipinski definition) is 4. The third-order valence-electron chi connectivity index (χ3n) is 5.98. The van der Waals surface area contributed by atoms with Gasteiger partial charge in [0.05, 0.1) is 6.20 Å². The highest BCUT2D eigenvalue weighted by atomic mass is 16.6. The van der Waals surface area contributed by atoms with E-state index >= 15 is 0 Å². The summed E-state index contributed by atoms with van der Waals surface area (Å²) in [6, 6.07) is 17.6. The standard InChI is InChI=1S/C25H29N5O3/c1-29-17-20(16-28-29)19-7-9-21(10-8-19)30(22-11-13-23(14-12-22)33-24(26)31)25(32)27-15-18-5-3-2-4-6-18/h2-10,16-17,22-23H,11-15H2,1H3,(H2,26,31)(H,27,32). The Morgan fingerprint density at radius 3 is 2.36 bits per heavy atom. The summed E-state index contributed by atoms with van der Waals surface area (Å²) in [6.07, 6.45) is 5.62. The molecule has 1 aliphatic rings. The predicted octanol–water partition coefficient (Wildman–Crippen LogP) is 4.21. The fraction of sp³-hybridized carbons (Fsp3) is 0.320. The van der Waals surface area contributed by atoms with Gasteiger partial charge in [-0.2, -0.15) is 5.10 Å². The molecule has 1 fully saturated rings. The van der Waals surface area contributed by atoms with Crippen molar-refractivity contribution in [3.8, 4) is 11.1 Å². The summed E-state index contributed by atoms with van der Waals surface area (Å²) in [6.45, 7) is 0.448. The van der Waals surface area contributed by atoms with Crippen LogP contribution < -0.4 is 16.0 Å². The maximum atomic E-state index is 13.3. The fourth-order valence-electron chi connectivity index (χ4n) is 4.32. The lowest BCUT2D eigenvalue weighted by Gasteiger charge is -2.36. The van der Waals surface area contributed by atoms with E-state index in [0.717, 1.165) is 35.2 Å². The van der Waals surface area contributed by atoms with Crippen molar-refractivity contribution >= 4 is 17.8 Å². The number of carbonyl (C=O) groups excluding carboxylic acids is 2. The van der Waals surface area contributed by atoms with Crippen LogP contribution in [0.1, 0.15) is 31.2 Å². The highest BCUT2D eigenvalue weighted by Gasteiger charge is 2.31. The molecule has 0 aliphatic heterocycles. The van der Waals surface area contributed by atoms with Crippen LogP contribution in [0.15, 0.2) is 67.0 Å². The third kappa shape index (κ3) is 5.71. The molecule has 3 aromatic rings. The Morgan fingerprint density at radius 2 is 1.76 bits per heavy atom. The zero-order chi connectivity index (χ0) is 23.2. The van der Waals surface area contributed by atoms with Gasteiger partial charge in [0.15, 0.2) is 0 Å². The number of rotatable bonds is 6. The quantitative estimate of drug-likeness (QED) is 0.591. The number of anilines is 1. The molecule has 0 spiro atoms. The summed E-state index contributed by atoms with van der Waals surface area (Å²) in [4.78, 5) is 26.3. The molecule has 8 nitrogen and oxygen atoms in total. The molecule has 33 heavy (non-hydrogen) atoms. The molecule has 1 aliphatic carbocycles. The monoisotopic (exact) mass is 447 g/mol. The summed E-state index contributed by atoms with van der Waals surface area (Å²) in [5.41, 5.74) is 9.10. The maximum absolute atomic E-state index is 13.3. The Balaban J connectivity index is 1.52. The SMILES string of the molecule is Cn1cc(-c2ccc(N(C(=O)NCc3ccccc3)C3CCC(OC(N)=O)CC3)cc2)cn1. The number of ether oxygens (including phenoxy) is 1. The molecule has 3 amide bonds. The van der Waals surface area contributed by atoms with Crippen LogP contribution in [-0.2, 0) is 18.3 Å². The minimum absolute atomic E-state index is 0.00209. The van der Waals surface area contributed by atoms with Crippen LogP contribution >= 0.6 is 0 Å². The lowest BCUT2D eigenvalue weighted by molar-refractivity contribution is 0.0787. The average Bonchev–Trinajstić information content (AvgIpc) is 3.26. The number of carbonyl (C=O) groups is 2. The lowest BCUT2D eigenvalue weighted by Crippen LogP contribution is -2.48. The van der Waals surface area contributed by atoms with E-state index in [-0.39, 0.29) is 18.2 Å². The van der Waals surface area contributed by atoms with Crippen molar-refractivity contribution in [2.45, 2.75) is 44.4 Å². The van der Waals surface area contributed by atoms with Gasteiger partial charge >= 0.3 is 12.1 Å². The van der Waals surface area contributed by atoms with Crippen molar-refractivity contribution in [3.05, 3.63) is 72.6 Å². The molecule has 1 saturated carbocycles. The first-order valence-electron chi connectivity index (χ1n) is 11.2. The average molecular weight is 448 g/mol. The number of aromatic nitrogens is 2. The highest BCUT2D eigenvalue weighted by molar-refractivity contribution is 5.93. The summed E-state index contributed by atoms with van der Waals surface area (Å²) in [5.74, 6) is 0. The molecule has 0 atom stereocenters. The molecular formula is C25H29N5O3. The van der Waals surface area contributed by atoms with Crippen LogP contribution in [0.4, 0.5) is 15.3 Å². The third-order valence-corrected chi connectivity index (χ3v) is 5.98. The van der Waals surface area contributed by atoms with E-state index in [2.05, 4.69) is 10.4 Å². The predicted molar refractivity (Wildman–Crippen MR) is 127 cm³/mol. The number of urea groups is 1. The first kappa shape index (κ1) is 22.4. The Morgan fingerprint density at radius 1 is 1.06 bits per heavy atom. The van der Waals surface area contributed by atoms with Crippen molar-refractivity contribution in [1.29, 1.82) is 0 Å². The number of hydrogen-bond donors (Lipinski definition) is 2. The first-order chi connectivity index (χ1) is 16.0. The largest absolute Gasteiger partial charge is 0.446 e. The van der Waals surface area contributed by atoms with E-state index in [9.17, 15) is 9.59 Å². The van der Waals surface area contributed by atoms with Gasteiger partial charge in [0.2, 0.25) is 0 Å². The fourth-order valence-corrected chi connectivity index (χ4v) is 4.32. The second kappa shape index (κ2) is 10.2. The summed E-state index contributed by atoms with van der Waals surface area (Å²) < 4.78 is 6.93.